The molecule has 0 aliphatic rings. The highest BCUT2D eigenvalue weighted by molar-refractivity contribution is 8.00. The van der Waals surface area contributed by atoms with Gasteiger partial charge in [0.15, 0.2) is 4.34 Å². The summed E-state index contributed by atoms with van der Waals surface area (Å²) in [6, 6.07) is 7.73. The number of halogens is 1. The van der Waals surface area contributed by atoms with E-state index in [1.165, 1.54) is 11.3 Å². The number of aromatic nitrogens is 2. The molecule has 21 heavy (non-hydrogen) atoms. The van der Waals surface area contributed by atoms with Gasteiger partial charge in [-0.2, -0.15) is 0 Å². The van der Waals surface area contributed by atoms with Gasteiger partial charge in [0.2, 0.25) is 11.0 Å². The van der Waals surface area contributed by atoms with Gasteiger partial charge in [-0.3, -0.25) is 4.79 Å². The molecule has 0 saturated heterocycles. The number of amides is 1. The molecule has 0 aliphatic heterocycles. The number of nitrogens with zero attached hydrogens (tertiary/aromatic N) is 2. The second-order valence-electron chi connectivity index (χ2n) is 4.40. The molecule has 7 heteroatoms. The van der Waals surface area contributed by atoms with Crippen LogP contribution >= 0.6 is 34.7 Å². The summed E-state index contributed by atoms with van der Waals surface area (Å²) in [5, 5.41) is 12.1. The Bertz CT molecular complexity index is 603. The second-order valence-corrected chi connectivity index (χ2v) is 7.01. The number of anilines is 1. The first kappa shape index (κ1) is 16.3. The number of hydrogen-bond acceptors (Lipinski definition) is 5. The van der Waals surface area contributed by atoms with Crippen LogP contribution in [0.4, 0.5) is 5.13 Å². The molecule has 1 aromatic heterocycles. The topological polar surface area (TPSA) is 54.9 Å². The predicted octanol–water partition coefficient (Wildman–Crippen LogP) is 4.61. The third kappa shape index (κ3) is 5.30. The summed E-state index contributed by atoms with van der Waals surface area (Å²) in [7, 11) is 0. The van der Waals surface area contributed by atoms with Gasteiger partial charge in [-0.05, 0) is 18.1 Å². The number of rotatable bonds is 7. The van der Waals surface area contributed by atoms with Crippen LogP contribution in [0.15, 0.2) is 28.6 Å². The fourth-order valence-corrected chi connectivity index (χ4v) is 3.65. The lowest BCUT2D eigenvalue weighted by Gasteiger charge is -2.01. The molecular weight excluding hydrogens is 326 g/mol. The molecule has 0 bridgehead atoms. The monoisotopic (exact) mass is 341 g/mol. The van der Waals surface area contributed by atoms with E-state index in [0.29, 0.717) is 11.6 Å². The molecule has 0 aliphatic carbocycles. The van der Waals surface area contributed by atoms with Gasteiger partial charge in [0.1, 0.15) is 0 Å². The zero-order valence-corrected chi connectivity index (χ0v) is 14.0. The maximum atomic E-state index is 11.6. The third-order valence-corrected chi connectivity index (χ3v) is 5.11. The molecule has 1 N–H and O–H groups in total. The van der Waals surface area contributed by atoms with Crippen molar-refractivity contribution in [3.05, 3.63) is 34.9 Å². The first-order valence-corrected chi connectivity index (χ1v) is 8.86. The normalized spacial score (nSPS) is 10.6. The molecule has 112 valence electrons. The molecule has 0 atom stereocenters. The molecule has 0 unspecified atom stereocenters. The van der Waals surface area contributed by atoms with E-state index in [-0.39, 0.29) is 5.91 Å². The summed E-state index contributed by atoms with van der Waals surface area (Å²) in [6.07, 6.45) is 2.42. The van der Waals surface area contributed by atoms with Crippen LogP contribution in [0.5, 0.6) is 0 Å². The van der Waals surface area contributed by atoms with Gasteiger partial charge in [0, 0.05) is 17.2 Å². The van der Waals surface area contributed by atoms with Crippen LogP contribution in [0.2, 0.25) is 5.02 Å². The molecule has 2 aromatic rings. The summed E-state index contributed by atoms with van der Waals surface area (Å²) in [4.78, 5) is 11.6. The highest BCUT2D eigenvalue weighted by Gasteiger charge is 2.09. The van der Waals surface area contributed by atoms with Crippen LogP contribution in [-0.4, -0.2) is 16.1 Å². The van der Waals surface area contributed by atoms with E-state index in [1.807, 2.05) is 24.3 Å². The zero-order chi connectivity index (χ0) is 15.1. The van der Waals surface area contributed by atoms with Gasteiger partial charge < -0.3 is 5.32 Å². The maximum absolute atomic E-state index is 11.6. The van der Waals surface area contributed by atoms with Gasteiger partial charge in [-0.1, -0.05) is 66.2 Å². The fourth-order valence-electron chi connectivity index (χ4n) is 1.59. The van der Waals surface area contributed by atoms with Crippen molar-refractivity contribution < 1.29 is 4.79 Å². The van der Waals surface area contributed by atoms with Crippen molar-refractivity contribution in [1.82, 2.24) is 10.2 Å². The summed E-state index contributed by atoms with van der Waals surface area (Å²) < 4.78 is 0.820. The van der Waals surface area contributed by atoms with Crippen molar-refractivity contribution in [2.24, 2.45) is 0 Å². The average molecular weight is 342 g/mol. The number of unbranched alkanes of at least 4 members (excludes halogenated alkanes) is 1. The number of benzene rings is 1. The van der Waals surface area contributed by atoms with Gasteiger partial charge in [-0.15, -0.1) is 10.2 Å². The van der Waals surface area contributed by atoms with E-state index in [2.05, 4.69) is 22.4 Å². The summed E-state index contributed by atoms with van der Waals surface area (Å²) in [5.41, 5.74) is 1.06. The van der Waals surface area contributed by atoms with E-state index >= 15 is 0 Å². The van der Waals surface area contributed by atoms with Crippen LogP contribution in [-0.2, 0) is 10.5 Å². The molecular formula is C14H16ClN3OS2. The highest BCUT2D eigenvalue weighted by Crippen LogP contribution is 2.30. The smallest absolute Gasteiger partial charge is 0.226 e. The molecule has 1 heterocycles. The average Bonchev–Trinajstić information content (AvgIpc) is 2.92. The largest absolute Gasteiger partial charge is 0.301 e. The van der Waals surface area contributed by atoms with E-state index in [0.717, 1.165) is 33.5 Å². The van der Waals surface area contributed by atoms with E-state index in [9.17, 15) is 4.79 Å². The Labute approximate surface area is 137 Å². The number of thioether (sulfide) groups is 1. The molecule has 1 aromatic carbocycles. The van der Waals surface area contributed by atoms with E-state index < -0.39 is 0 Å². The molecule has 4 nitrogen and oxygen atoms in total. The van der Waals surface area contributed by atoms with Crippen LogP contribution in [0.3, 0.4) is 0 Å². The first-order valence-electron chi connectivity index (χ1n) is 6.68. The molecule has 2 rings (SSSR count). The number of carbonyl (C=O) groups is 1. The van der Waals surface area contributed by atoms with Crippen molar-refractivity contribution in [3.63, 3.8) is 0 Å². The number of hydrogen-bond donors (Lipinski definition) is 1. The SMILES string of the molecule is CCCCC(=O)Nc1nnc(SCc2ccccc2Cl)s1. The van der Waals surface area contributed by atoms with Crippen molar-refractivity contribution in [2.75, 3.05) is 5.32 Å². The Morgan fingerprint density at radius 1 is 1.38 bits per heavy atom. The minimum atomic E-state index is -0.00402. The van der Waals surface area contributed by atoms with Gasteiger partial charge in [0.25, 0.3) is 0 Å². The molecule has 0 radical (unpaired) electrons. The van der Waals surface area contributed by atoms with Gasteiger partial charge >= 0.3 is 0 Å². The lowest BCUT2D eigenvalue weighted by atomic mass is 10.2. The van der Waals surface area contributed by atoms with Crippen LogP contribution in [0.25, 0.3) is 0 Å². The molecule has 0 spiro atoms. The first-order chi connectivity index (χ1) is 10.2. The Balaban J connectivity index is 1.86. The minimum absolute atomic E-state index is 0.00402. The fraction of sp³-hybridized carbons (Fsp3) is 0.357. The standard InChI is InChI=1S/C14H16ClN3OS2/c1-2-3-8-12(19)16-13-17-18-14(21-13)20-9-10-6-4-5-7-11(10)15/h4-7H,2-3,8-9H2,1H3,(H,16,17,19). The molecule has 1 amide bonds. The second kappa shape index (κ2) is 8.36. The lowest BCUT2D eigenvalue weighted by Crippen LogP contribution is -2.10. The van der Waals surface area contributed by atoms with Crippen molar-refractivity contribution in [2.45, 2.75) is 36.3 Å². The van der Waals surface area contributed by atoms with Crippen molar-refractivity contribution in [3.8, 4) is 0 Å². The summed E-state index contributed by atoms with van der Waals surface area (Å²) in [5.74, 6) is 0.730. The zero-order valence-electron chi connectivity index (χ0n) is 11.6. The van der Waals surface area contributed by atoms with Crippen LogP contribution in [0, 0.1) is 0 Å². The predicted molar refractivity (Wildman–Crippen MR) is 89.1 cm³/mol. The quantitative estimate of drug-likeness (QED) is 0.590. The van der Waals surface area contributed by atoms with Crippen LogP contribution < -0.4 is 5.32 Å². The Morgan fingerprint density at radius 3 is 2.95 bits per heavy atom. The minimum Gasteiger partial charge on any atom is -0.301 e. The van der Waals surface area contributed by atoms with Gasteiger partial charge in [-0.25, -0.2) is 0 Å². The molecule has 0 saturated carbocycles. The number of nitrogens with one attached hydrogen (secondary N) is 1. The summed E-state index contributed by atoms with van der Waals surface area (Å²) in [6.45, 7) is 2.06. The van der Waals surface area contributed by atoms with Crippen molar-refractivity contribution in [1.29, 1.82) is 0 Å². The van der Waals surface area contributed by atoms with E-state index in [4.69, 9.17) is 11.6 Å². The van der Waals surface area contributed by atoms with E-state index in [1.54, 1.807) is 11.8 Å². The van der Waals surface area contributed by atoms with Crippen LogP contribution in [0.1, 0.15) is 31.7 Å². The van der Waals surface area contributed by atoms with Crippen molar-refractivity contribution >= 4 is 45.7 Å². The lowest BCUT2D eigenvalue weighted by molar-refractivity contribution is -0.116. The Hall–Kier alpha value is -1.11. The van der Waals surface area contributed by atoms with Gasteiger partial charge in [0.05, 0.1) is 0 Å². The maximum Gasteiger partial charge on any atom is 0.226 e. The molecule has 0 fully saturated rings. The highest BCUT2D eigenvalue weighted by atomic mass is 35.5. The third-order valence-electron chi connectivity index (χ3n) is 2.72. The summed E-state index contributed by atoms with van der Waals surface area (Å²) >= 11 is 9.06. The Kier molecular flexibility index (Phi) is 6.48. The Morgan fingerprint density at radius 2 is 2.19 bits per heavy atom. The number of carbonyl (C=O) groups excluding carboxylic acids is 1.